The molecule has 0 fully saturated rings. The molecule has 0 aromatic rings. The summed E-state index contributed by atoms with van der Waals surface area (Å²) in [5.74, 6) is 0. The molecule has 0 bridgehead atoms. The molecule has 0 unspecified atom stereocenters. The van der Waals surface area contributed by atoms with E-state index in [-0.39, 0.29) is 0 Å². The molecule has 0 saturated carbocycles. The number of hydrogen-bond donors (Lipinski definition) is 0. The van der Waals surface area contributed by atoms with Gasteiger partial charge in [-0.3, -0.25) is 0 Å². The maximum absolute atomic E-state index is 2.46. The highest BCUT2D eigenvalue weighted by molar-refractivity contribution is 6.08. The van der Waals surface area contributed by atoms with Crippen molar-refractivity contribution >= 4 is 7.85 Å². The molecule has 0 aliphatic rings. The van der Waals surface area contributed by atoms with Gasteiger partial charge in [0.25, 0.3) is 0 Å². The molecular weight excluding hydrogens is 167 g/mol. The van der Waals surface area contributed by atoms with Crippen molar-refractivity contribution in [2.24, 2.45) is 16.2 Å². The highest BCUT2D eigenvalue weighted by atomic mass is 14.5. The predicted molar refractivity (Wildman–Crippen MR) is 69.6 cm³/mol. The Morgan fingerprint density at radius 1 is 0.786 bits per heavy atom. The van der Waals surface area contributed by atoms with Crippen molar-refractivity contribution in [1.29, 1.82) is 0 Å². The van der Waals surface area contributed by atoms with E-state index in [9.17, 15) is 0 Å². The zero-order chi connectivity index (χ0) is 11.6. The van der Waals surface area contributed by atoms with E-state index in [0.717, 1.165) is 0 Å². The van der Waals surface area contributed by atoms with Crippen molar-refractivity contribution < 1.29 is 0 Å². The lowest BCUT2D eigenvalue weighted by Crippen LogP contribution is -2.43. The van der Waals surface area contributed by atoms with Gasteiger partial charge >= 0.3 is 0 Å². The molecule has 0 aliphatic carbocycles. The smallest absolute Gasteiger partial charge is 0.0810 e. The van der Waals surface area contributed by atoms with Gasteiger partial charge in [-0.2, -0.15) is 0 Å². The lowest BCUT2D eigenvalue weighted by atomic mass is 9.53. The molecule has 0 aromatic heterocycles. The Balaban J connectivity index is 4.87. The van der Waals surface area contributed by atoms with Crippen LogP contribution in [0.3, 0.4) is 0 Å². The molecule has 0 saturated heterocycles. The molecule has 0 aromatic carbocycles. The van der Waals surface area contributed by atoms with Crippen LogP contribution in [0.15, 0.2) is 0 Å². The third-order valence-electron chi connectivity index (χ3n) is 4.34. The van der Waals surface area contributed by atoms with E-state index in [1.165, 1.54) is 19.2 Å². The van der Waals surface area contributed by atoms with E-state index in [4.69, 9.17) is 0 Å². The second-order valence-corrected chi connectivity index (χ2v) is 6.94. The molecule has 0 N–H and O–H groups in total. The van der Waals surface area contributed by atoms with E-state index in [1.807, 2.05) is 0 Å². The van der Waals surface area contributed by atoms with Crippen molar-refractivity contribution in [3.63, 3.8) is 0 Å². The van der Waals surface area contributed by atoms with Crippen LogP contribution in [0.2, 0.25) is 6.32 Å². The van der Waals surface area contributed by atoms with E-state index < -0.39 is 0 Å². The summed E-state index contributed by atoms with van der Waals surface area (Å²) in [6.45, 7) is 16.8. The van der Waals surface area contributed by atoms with E-state index in [0.29, 0.717) is 16.2 Å². The van der Waals surface area contributed by atoms with Crippen molar-refractivity contribution in [3.05, 3.63) is 0 Å². The fourth-order valence-electron chi connectivity index (χ4n) is 2.41. The molecule has 0 rings (SSSR count). The highest BCUT2D eigenvalue weighted by Crippen LogP contribution is 2.54. The first-order valence-electron chi connectivity index (χ1n) is 6.06. The topological polar surface area (TPSA) is 0 Å². The van der Waals surface area contributed by atoms with Crippen molar-refractivity contribution in [1.82, 2.24) is 0 Å². The van der Waals surface area contributed by atoms with Gasteiger partial charge < -0.3 is 0 Å². The fourth-order valence-corrected chi connectivity index (χ4v) is 2.41. The average Bonchev–Trinajstić information content (AvgIpc) is 1.95. The summed E-state index contributed by atoms with van der Waals surface area (Å²) in [6, 6.07) is 0. The normalized spacial score (nSPS) is 14.5. The minimum absolute atomic E-state index is 0.389. The third kappa shape index (κ3) is 2.78. The first-order valence-corrected chi connectivity index (χ1v) is 6.06. The van der Waals surface area contributed by atoms with E-state index in [2.05, 4.69) is 56.3 Å². The quantitative estimate of drug-likeness (QED) is 0.600. The standard InChI is InChI=1S/C13H29B/c1-11(2,3)13(7,9-8-10-14)12(4,5)6/h8-10,14H2,1-7H3. The third-order valence-corrected chi connectivity index (χ3v) is 4.34. The number of hydrogen-bond acceptors (Lipinski definition) is 0. The van der Waals surface area contributed by atoms with Crippen LogP contribution in [0.1, 0.15) is 61.3 Å². The lowest BCUT2D eigenvalue weighted by Gasteiger charge is -2.52. The lowest BCUT2D eigenvalue weighted by molar-refractivity contribution is -0.0223. The zero-order valence-corrected chi connectivity index (χ0v) is 11.6. The Morgan fingerprint density at radius 2 is 1.14 bits per heavy atom. The second kappa shape index (κ2) is 4.29. The summed E-state index contributed by atoms with van der Waals surface area (Å²) < 4.78 is 0. The Labute approximate surface area is 92.3 Å². The molecule has 0 aliphatic heterocycles. The summed E-state index contributed by atoms with van der Waals surface area (Å²) in [5.41, 5.74) is 1.21. The molecular formula is C13H29B. The Bertz CT molecular complexity index is 155. The summed E-state index contributed by atoms with van der Waals surface area (Å²) in [7, 11) is 2.28. The van der Waals surface area contributed by atoms with Crippen LogP contribution in [0, 0.1) is 16.2 Å². The minimum Gasteiger partial charge on any atom is -0.0810 e. The van der Waals surface area contributed by atoms with Crippen molar-refractivity contribution in [2.45, 2.75) is 67.6 Å². The summed E-state index contributed by atoms with van der Waals surface area (Å²) >= 11 is 0. The minimum atomic E-state index is 0.389. The van der Waals surface area contributed by atoms with Gasteiger partial charge in [0.15, 0.2) is 0 Å². The first-order chi connectivity index (χ1) is 6.06. The molecule has 84 valence electrons. The van der Waals surface area contributed by atoms with Gasteiger partial charge in [-0.25, -0.2) is 0 Å². The SMILES string of the molecule is BCCCC(C)(C(C)(C)C)C(C)(C)C. The van der Waals surface area contributed by atoms with Crippen LogP contribution >= 0.6 is 0 Å². The highest BCUT2D eigenvalue weighted by Gasteiger charge is 2.45. The van der Waals surface area contributed by atoms with Crippen LogP contribution in [-0.2, 0) is 0 Å². The predicted octanol–water partition coefficient (Wildman–Crippen LogP) is 3.92. The Kier molecular flexibility index (Phi) is 4.31. The summed E-state index contributed by atoms with van der Waals surface area (Å²) in [6.07, 6.45) is 4.00. The van der Waals surface area contributed by atoms with Crippen LogP contribution < -0.4 is 0 Å². The Morgan fingerprint density at radius 3 is 1.36 bits per heavy atom. The zero-order valence-electron chi connectivity index (χ0n) is 11.6. The first kappa shape index (κ1) is 14.1. The molecule has 0 amide bonds. The van der Waals surface area contributed by atoms with Gasteiger partial charge in [0.1, 0.15) is 7.85 Å². The molecule has 14 heavy (non-hydrogen) atoms. The maximum Gasteiger partial charge on any atom is 0.101 e. The number of rotatable bonds is 3. The van der Waals surface area contributed by atoms with Gasteiger partial charge in [-0.05, 0) is 22.7 Å². The van der Waals surface area contributed by atoms with Crippen LogP contribution in [0.25, 0.3) is 0 Å². The van der Waals surface area contributed by atoms with E-state index >= 15 is 0 Å². The van der Waals surface area contributed by atoms with Crippen LogP contribution in [0.4, 0.5) is 0 Å². The second-order valence-electron chi connectivity index (χ2n) is 6.94. The molecule has 1 heteroatoms. The molecule has 0 nitrogen and oxygen atoms in total. The van der Waals surface area contributed by atoms with Gasteiger partial charge in [0.2, 0.25) is 0 Å². The van der Waals surface area contributed by atoms with Crippen molar-refractivity contribution in [2.75, 3.05) is 0 Å². The largest absolute Gasteiger partial charge is 0.101 e. The van der Waals surface area contributed by atoms with Gasteiger partial charge in [-0.1, -0.05) is 61.2 Å². The van der Waals surface area contributed by atoms with Crippen LogP contribution in [0.5, 0.6) is 0 Å². The van der Waals surface area contributed by atoms with Gasteiger partial charge in [-0.15, -0.1) is 0 Å². The molecule has 0 spiro atoms. The Hall–Kier alpha value is 0.0649. The van der Waals surface area contributed by atoms with Crippen molar-refractivity contribution in [3.8, 4) is 0 Å². The summed E-state index contributed by atoms with van der Waals surface area (Å²) in [5, 5.41) is 0. The van der Waals surface area contributed by atoms with Gasteiger partial charge in [0.05, 0.1) is 0 Å². The van der Waals surface area contributed by atoms with Gasteiger partial charge in [0, 0.05) is 0 Å². The summed E-state index contributed by atoms with van der Waals surface area (Å²) in [4.78, 5) is 0. The average molecular weight is 196 g/mol. The fraction of sp³-hybridized carbons (Fsp3) is 1.00. The van der Waals surface area contributed by atoms with E-state index in [1.54, 1.807) is 0 Å². The molecule has 0 atom stereocenters. The maximum atomic E-state index is 2.46. The monoisotopic (exact) mass is 196 g/mol. The molecule has 0 radical (unpaired) electrons. The van der Waals surface area contributed by atoms with Crippen LogP contribution in [-0.4, -0.2) is 7.85 Å². The molecule has 0 heterocycles.